The minimum Gasteiger partial charge on any atom is -0.341 e. The van der Waals surface area contributed by atoms with Crippen LogP contribution in [-0.4, -0.2) is 19.1 Å². The summed E-state index contributed by atoms with van der Waals surface area (Å²) in [5.41, 5.74) is -0.385. The van der Waals surface area contributed by atoms with Crippen molar-refractivity contribution in [3.63, 3.8) is 0 Å². The van der Waals surface area contributed by atoms with Gasteiger partial charge in [-0.05, 0) is 42.0 Å². The Hall–Kier alpha value is -4.90. The van der Waals surface area contributed by atoms with Gasteiger partial charge in [0.2, 0.25) is 0 Å². The molecule has 0 radical (unpaired) electrons. The summed E-state index contributed by atoms with van der Waals surface area (Å²) in [7, 11) is 2.73. The number of anilines is 4. The number of nitrogens with zero attached hydrogens (tertiary/aromatic N) is 2. The van der Waals surface area contributed by atoms with Crippen LogP contribution in [0.15, 0.2) is 109 Å². The molecule has 0 aliphatic heterocycles. The molecule has 0 aliphatic rings. The third-order valence-corrected chi connectivity index (χ3v) is 7.08. The summed E-state index contributed by atoms with van der Waals surface area (Å²) in [5.74, 6) is -0.742. The highest BCUT2D eigenvalue weighted by molar-refractivity contribution is 9.10. The first-order valence-electron chi connectivity index (χ1n) is 12.3. The van der Waals surface area contributed by atoms with Crippen molar-refractivity contribution < 1.29 is 0 Å². The van der Waals surface area contributed by atoms with E-state index in [-0.39, 0.29) is 22.8 Å². The lowest BCUT2D eigenvalue weighted by molar-refractivity contribution is 0.724. The second kappa shape index (κ2) is 11.1. The molecule has 0 aliphatic carbocycles. The zero-order valence-corrected chi connectivity index (χ0v) is 23.2. The maximum absolute atomic E-state index is 13.9. The normalized spacial score (nSPS) is 11.0. The van der Waals surface area contributed by atoms with Gasteiger partial charge in [-0.1, -0.05) is 64.5 Å². The number of benzene rings is 3. The number of para-hydroxylation sites is 2. The molecule has 0 saturated heterocycles. The van der Waals surface area contributed by atoms with E-state index in [2.05, 4.69) is 36.5 Å². The number of H-pyrrole nitrogens is 2. The van der Waals surface area contributed by atoms with Gasteiger partial charge < -0.3 is 10.6 Å². The standard InChI is InChI=1S/C29H25BrN6O4/c1-35-26(37)22(24(33-28(35)39)31-19-9-5-3-6-10-19)21(17-13-15-18(30)16-14-17)23-25(32-20-11-7-4-8-12-20)34-29(40)36(2)27(23)38/h3-16,21,31-32H,1-2H3,(H,33,39)(H,34,40). The van der Waals surface area contributed by atoms with E-state index >= 15 is 0 Å². The molecule has 2 heterocycles. The van der Waals surface area contributed by atoms with Crippen LogP contribution in [0.4, 0.5) is 23.0 Å². The Morgan fingerprint density at radius 3 is 1.43 bits per heavy atom. The van der Waals surface area contributed by atoms with E-state index in [1.54, 1.807) is 48.5 Å². The van der Waals surface area contributed by atoms with Gasteiger partial charge in [0.25, 0.3) is 11.1 Å². The quantitative estimate of drug-likeness (QED) is 0.224. The molecule has 0 saturated carbocycles. The highest BCUT2D eigenvalue weighted by atomic mass is 79.9. The van der Waals surface area contributed by atoms with Gasteiger partial charge in [-0.15, -0.1) is 0 Å². The molecule has 0 atom stereocenters. The molecule has 0 spiro atoms. The van der Waals surface area contributed by atoms with E-state index in [1.807, 2.05) is 36.4 Å². The number of nitrogens with one attached hydrogen (secondary N) is 4. The molecule has 10 nitrogen and oxygen atoms in total. The fourth-order valence-electron chi connectivity index (χ4n) is 4.47. The van der Waals surface area contributed by atoms with Crippen LogP contribution in [-0.2, 0) is 14.1 Å². The van der Waals surface area contributed by atoms with E-state index in [1.165, 1.54) is 14.1 Å². The van der Waals surface area contributed by atoms with Crippen molar-refractivity contribution in [3.05, 3.63) is 148 Å². The maximum Gasteiger partial charge on any atom is 0.329 e. The Morgan fingerprint density at radius 1 is 0.625 bits per heavy atom. The summed E-state index contributed by atoms with van der Waals surface area (Å²) in [5, 5.41) is 6.30. The average molecular weight is 601 g/mol. The van der Waals surface area contributed by atoms with Gasteiger partial charge in [-0.3, -0.25) is 28.7 Å². The van der Waals surface area contributed by atoms with Crippen molar-refractivity contribution in [2.24, 2.45) is 14.1 Å². The van der Waals surface area contributed by atoms with Crippen LogP contribution in [0.3, 0.4) is 0 Å². The van der Waals surface area contributed by atoms with Gasteiger partial charge in [0, 0.05) is 29.9 Å². The molecule has 202 valence electrons. The summed E-state index contributed by atoms with van der Waals surface area (Å²) in [6.45, 7) is 0. The third-order valence-electron chi connectivity index (χ3n) is 6.55. The molecule has 0 fully saturated rings. The van der Waals surface area contributed by atoms with Crippen LogP contribution in [0.2, 0.25) is 0 Å². The number of aromatic amines is 2. The smallest absolute Gasteiger partial charge is 0.329 e. The lowest BCUT2D eigenvalue weighted by atomic mass is 9.86. The first-order valence-corrected chi connectivity index (χ1v) is 13.1. The molecule has 3 aromatic carbocycles. The fourth-order valence-corrected chi connectivity index (χ4v) is 4.74. The Labute approximate surface area is 236 Å². The van der Waals surface area contributed by atoms with Gasteiger partial charge >= 0.3 is 11.4 Å². The van der Waals surface area contributed by atoms with E-state index in [0.717, 1.165) is 13.6 Å². The maximum atomic E-state index is 13.9. The highest BCUT2D eigenvalue weighted by Gasteiger charge is 2.31. The number of hydrogen-bond acceptors (Lipinski definition) is 6. The number of halogens is 1. The van der Waals surface area contributed by atoms with E-state index in [4.69, 9.17) is 0 Å². The molecular weight excluding hydrogens is 576 g/mol. The Bertz CT molecular complexity index is 1790. The molecule has 40 heavy (non-hydrogen) atoms. The van der Waals surface area contributed by atoms with Crippen molar-refractivity contribution in [1.29, 1.82) is 0 Å². The van der Waals surface area contributed by atoms with E-state index in [0.29, 0.717) is 16.9 Å². The fraction of sp³-hybridized carbons (Fsp3) is 0.103. The first-order chi connectivity index (χ1) is 19.2. The summed E-state index contributed by atoms with van der Waals surface area (Å²) < 4.78 is 2.71. The molecule has 5 aromatic rings. The monoisotopic (exact) mass is 600 g/mol. The van der Waals surface area contributed by atoms with Crippen LogP contribution in [0.5, 0.6) is 0 Å². The Balaban J connectivity index is 1.86. The van der Waals surface area contributed by atoms with Crippen molar-refractivity contribution >= 4 is 38.9 Å². The summed E-state index contributed by atoms with van der Waals surface area (Å²) in [6.07, 6.45) is 0. The SMILES string of the molecule is Cn1c(=O)[nH]c(Nc2ccccc2)c(C(c2ccc(Br)cc2)c2c(Nc3ccccc3)[nH]c(=O)n(C)c2=O)c1=O. The average Bonchev–Trinajstić information content (AvgIpc) is 2.95. The molecular formula is C29H25BrN6O4. The highest BCUT2D eigenvalue weighted by Crippen LogP contribution is 2.36. The van der Waals surface area contributed by atoms with Crippen LogP contribution < -0.4 is 33.1 Å². The van der Waals surface area contributed by atoms with Crippen molar-refractivity contribution in [3.8, 4) is 0 Å². The van der Waals surface area contributed by atoms with Gasteiger partial charge in [0.1, 0.15) is 11.6 Å². The van der Waals surface area contributed by atoms with Gasteiger partial charge in [-0.2, -0.15) is 0 Å². The molecule has 0 unspecified atom stereocenters. The predicted molar refractivity (Wildman–Crippen MR) is 159 cm³/mol. The van der Waals surface area contributed by atoms with Crippen molar-refractivity contribution in [2.45, 2.75) is 5.92 Å². The second-order valence-corrected chi connectivity index (χ2v) is 10.0. The predicted octanol–water partition coefficient (Wildman–Crippen LogP) is 3.89. The third kappa shape index (κ3) is 5.19. The zero-order chi connectivity index (χ0) is 28.4. The largest absolute Gasteiger partial charge is 0.341 e. The number of rotatable bonds is 7. The molecule has 4 N–H and O–H groups in total. The van der Waals surface area contributed by atoms with Crippen LogP contribution >= 0.6 is 15.9 Å². The van der Waals surface area contributed by atoms with E-state index < -0.39 is 28.4 Å². The topological polar surface area (TPSA) is 134 Å². The molecule has 0 bridgehead atoms. The van der Waals surface area contributed by atoms with Crippen molar-refractivity contribution in [1.82, 2.24) is 19.1 Å². The zero-order valence-electron chi connectivity index (χ0n) is 21.6. The molecule has 2 aromatic heterocycles. The molecule has 0 amide bonds. The van der Waals surface area contributed by atoms with E-state index in [9.17, 15) is 19.2 Å². The van der Waals surface area contributed by atoms with Crippen LogP contribution in [0, 0.1) is 0 Å². The van der Waals surface area contributed by atoms with Crippen LogP contribution in [0.25, 0.3) is 0 Å². The minimum absolute atomic E-state index is 0.119. The van der Waals surface area contributed by atoms with Crippen LogP contribution in [0.1, 0.15) is 22.6 Å². The summed E-state index contributed by atoms with van der Waals surface area (Å²) >= 11 is 3.44. The lowest BCUT2D eigenvalue weighted by Crippen LogP contribution is -2.40. The molecule has 5 rings (SSSR count). The van der Waals surface area contributed by atoms with Gasteiger partial charge in [0.05, 0.1) is 17.0 Å². The number of hydrogen-bond donors (Lipinski definition) is 4. The van der Waals surface area contributed by atoms with Gasteiger partial charge in [-0.25, -0.2) is 9.59 Å². The lowest BCUT2D eigenvalue weighted by Gasteiger charge is -2.24. The Kier molecular flexibility index (Phi) is 7.39. The second-order valence-electron chi connectivity index (χ2n) is 9.13. The van der Waals surface area contributed by atoms with Crippen molar-refractivity contribution in [2.75, 3.05) is 10.6 Å². The first kappa shape index (κ1) is 26.7. The number of aromatic nitrogens is 4. The minimum atomic E-state index is -1.00. The van der Waals surface area contributed by atoms with Gasteiger partial charge in [0.15, 0.2) is 0 Å². The Morgan fingerprint density at radius 2 is 1.02 bits per heavy atom. The summed E-state index contributed by atoms with van der Waals surface area (Å²) in [6, 6.07) is 25.2. The molecule has 11 heteroatoms. The summed E-state index contributed by atoms with van der Waals surface area (Å²) in [4.78, 5) is 58.8.